The molecule has 0 spiro atoms. The molecule has 0 radical (unpaired) electrons. The van der Waals surface area contributed by atoms with E-state index >= 15 is 0 Å². The predicted molar refractivity (Wildman–Crippen MR) is 75.2 cm³/mol. The molecule has 1 aromatic heterocycles. The lowest BCUT2D eigenvalue weighted by Gasteiger charge is -2.12. The fourth-order valence-electron chi connectivity index (χ4n) is 1.96. The van der Waals surface area contributed by atoms with Crippen molar-refractivity contribution in [1.82, 2.24) is 15.0 Å². The van der Waals surface area contributed by atoms with Crippen LogP contribution in [0.3, 0.4) is 0 Å². The molecule has 0 saturated carbocycles. The van der Waals surface area contributed by atoms with E-state index in [9.17, 15) is 18.3 Å². The van der Waals surface area contributed by atoms with Gasteiger partial charge in [-0.3, -0.25) is 9.48 Å². The summed E-state index contributed by atoms with van der Waals surface area (Å²) in [5.41, 5.74) is 0.893. The quantitative estimate of drug-likeness (QED) is 0.830. The second kappa shape index (κ2) is 6.04. The maximum Gasteiger partial charge on any atom is 0.322 e. The minimum absolute atomic E-state index is 0.0707. The summed E-state index contributed by atoms with van der Waals surface area (Å²) in [6.45, 7) is 0. The molecule has 21 heavy (non-hydrogen) atoms. The Hall–Kier alpha value is -2.22. The largest absolute Gasteiger partial charge is 0.480 e. The highest BCUT2D eigenvalue weighted by Gasteiger charge is 2.33. The molecule has 2 rings (SSSR count). The monoisotopic (exact) mass is 309 g/mol. The molecule has 1 unspecified atom stereocenters. The standard InChI is InChI=1S/C13H15N3O4S/c1-16-8-11(14-15-16)9-21(19,20)12(13(17)18)7-10-5-3-2-4-6-10/h2-6,8,12H,7,9H2,1H3,(H,17,18). The topological polar surface area (TPSA) is 102 Å². The van der Waals surface area contributed by atoms with E-state index in [0.717, 1.165) is 0 Å². The summed E-state index contributed by atoms with van der Waals surface area (Å²) >= 11 is 0. The van der Waals surface area contributed by atoms with Crippen molar-refractivity contribution < 1.29 is 18.3 Å². The summed E-state index contributed by atoms with van der Waals surface area (Å²) in [6, 6.07) is 8.67. The number of carbonyl (C=O) groups is 1. The van der Waals surface area contributed by atoms with Gasteiger partial charge in [0.25, 0.3) is 0 Å². The van der Waals surface area contributed by atoms with Crippen LogP contribution in [0.25, 0.3) is 0 Å². The molecular formula is C13H15N3O4S. The third kappa shape index (κ3) is 3.88. The molecule has 0 aliphatic carbocycles. The van der Waals surface area contributed by atoms with Crippen LogP contribution in [0.4, 0.5) is 0 Å². The van der Waals surface area contributed by atoms with Crippen molar-refractivity contribution >= 4 is 15.8 Å². The van der Waals surface area contributed by atoms with Crippen LogP contribution in [-0.2, 0) is 33.9 Å². The second-order valence-electron chi connectivity index (χ2n) is 4.71. The number of sulfone groups is 1. The van der Waals surface area contributed by atoms with E-state index in [-0.39, 0.29) is 12.1 Å². The highest BCUT2D eigenvalue weighted by atomic mass is 32.2. The third-order valence-electron chi connectivity index (χ3n) is 2.97. The summed E-state index contributed by atoms with van der Waals surface area (Å²) in [5, 5.41) is 15.1. The number of aromatic nitrogens is 3. The Bertz CT molecular complexity index is 725. The first-order valence-corrected chi connectivity index (χ1v) is 7.93. The molecule has 0 amide bonds. The number of nitrogens with zero attached hydrogens (tertiary/aromatic N) is 3. The van der Waals surface area contributed by atoms with Gasteiger partial charge in [0.1, 0.15) is 0 Å². The number of hydrogen-bond donors (Lipinski definition) is 1. The Morgan fingerprint density at radius 1 is 1.33 bits per heavy atom. The van der Waals surface area contributed by atoms with Crippen molar-refractivity contribution in [2.24, 2.45) is 7.05 Å². The predicted octanol–water partition coefficient (Wildman–Crippen LogP) is 0.426. The molecule has 1 heterocycles. The first kappa shape index (κ1) is 15.2. The van der Waals surface area contributed by atoms with E-state index in [4.69, 9.17) is 0 Å². The number of benzene rings is 1. The number of carboxylic acid groups (broad SMARTS) is 1. The Morgan fingerprint density at radius 2 is 2.00 bits per heavy atom. The molecule has 0 aliphatic rings. The van der Waals surface area contributed by atoms with Crippen molar-refractivity contribution in [3.05, 3.63) is 47.8 Å². The average Bonchev–Trinajstić information content (AvgIpc) is 2.81. The minimum atomic E-state index is -3.87. The number of aliphatic carboxylic acids is 1. The maximum absolute atomic E-state index is 12.3. The number of hydrogen-bond acceptors (Lipinski definition) is 5. The summed E-state index contributed by atoms with van der Waals surface area (Å²) in [5.74, 6) is -1.80. The molecule has 8 heteroatoms. The number of carboxylic acids is 1. The van der Waals surface area contributed by atoms with E-state index in [2.05, 4.69) is 10.3 Å². The second-order valence-corrected chi connectivity index (χ2v) is 6.89. The van der Waals surface area contributed by atoms with Gasteiger partial charge in [0.2, 0.25) is 0 Å². The van der Waals surface area contributed by atoms with Crippen LogP contribution < -0.4 is 0 Å². The van der Waals surface area contributed by atoms with Gasteiger partial charge in [-0.1, -0.05) is 35.5 Å². The fourth-order valence-corrected chi connectivity index (χ4v) is 3.46. The number of rotatable bonds is 6. The lowest BCUT2D eigenvalue weighted by molar-refractivity contribution is -0.136. The van der Waals surface area contributed by atoms with Gasteiger partial charge >= 0.3 is 5.97 Å². The Balaban J connectivity index is 2.22. The van der Waals surface area contributed by atoms with Crippen LogP contribution in [0, 0.1) is 0 Å². The highest BCUT2D eigenvalue weighted by Crippen LogP contribution is 2.15. The molecule has 112 valence electrons. The van der Waals surface area contributed by atoms with Gasteiger partial charge in [-0.05, 0) is 12.0 Å². The summed E-state index contributed by atoms with van der Waals surface area (Å²) in [4.78, 5) is 11.3. The first-order chi connectivity index (χ1) is 9.88. The molecule has 0 fully saturated rings. The van der Waals surface area contributed by atoms with Crippen LogP contribution in [0.2, 0.25) is 0 Å². The fraction of sp³-hybridized carbons (Fsp3) is 0.308. The molecule has 2 aromatic rings. The van der Waals surface area contributed by atoms with Gasteiger partial charge in [-0.2, -0.15) is 0 Å². The SMILES string of the molecule is Cn1cc(CS(=O)(=O)C(Cc2ccccc2)C(=O)O)nn1. The summed E-state index contributed by atoms with van der Waals surface area (Å²) in [6.07, 6.45) is 1.39. The minimum Gasteiger partial charge on any atom is -0.480 e. The molecule has 0 bridgehead atoms. The molecular weight excluding hydrogens is 294 g/mol. The molecule has 7 nitrogen and oxygen atoms in total. The Labute approximate surface area is 122 Å². The maximum atomic E-state index is 12.3. The van der Waals surface area contributed by atoms with Crippen molar-refractivity contribution in [2.75, 3.05) is 0 Å². The Kier molecular flexibility index (Phi) is 4.37. The smallest absolute Gasteiger partial charge is 0.322 e. The number of aryl methyl sites for hydroxylation is 1. The van der Waals surface area contributed by atoms with Gasteiger partial charge < -0.3 is 5.11 Å². The molecule has 1 aromatic carbocycles. The van der Waals surface area contributed by atoms with Gasteiger partial charge in [-0.15, -0.1) is 5.10 Å². The molecule has 1 atom stereocenters. The lowest BCUT2D eigenvalue weighted by atomic mass is 10.1. The van der Waals surface area contributed by atoms with Crippen molar-refractivity contribution in [3.63, 3.8) is 0 Å². The zero-order valence-corrected chi connectivity index (χ0v) is 12.2. The lowest BCUT2D eigenvalue weighted by Crippen LogP contribution is -2.33. The third-order valence-corrected chi connectivity index (χ3v) is 4.91. The van der Waals surface area contributed by atoms with E-state index in [0.29, 0.717) is 5.56 Å². The van der Waals surface area contributed by atoms with Crippen LogP contribution in [0.15, 0.2) is 36.5 Å². The van der Waals surface area contributed by atoms with Gasteiger partial charge in [0.05, 0.1) is 11.4 Å². The van der Waals surface area contributed by atoms with Crippen molar-refractivity contribution in [2.45, 2.75) is 17.4 Å². The molecule has 0 aliphatic heterocycles. The molecule has 0 saturated heterocycles. The van der Waals surface area contributed by atoms with Crippen LogP contribution in [-0.4, -0.2) is 39.7 Å². The summed E-state index contributed by atoms with van der Waals surface area (Å²) in [7, 11) is -2.26. The van der Waals surface area contributed by atoms with Crippen LogP contribution in [0.5, 0.6) is 0 Å². The van der Waals surface area contributed by atoms with Crippen molar-refractivity contribution in [3.8, 4) is 0 Å². The van der Waals surface area contributed by atoms with Crippen LogP contribution in [0.1, 0.15) is 11.3 Å². The Morgan fingerprint density at radius 3 is 2.52 bits per heavy atom. The first-order valence-electron chi connectivity index (χ1n) is 6.22. The zero-order valence-electron chi connectivity index (χ0n) is 11.4. The summed E-state index contributed by atoms with van der Waals surface area (Å²) < 4.78 is 26.0. The van der Waals surface area contributed by atoms with E-state index in [1.54, 1.807) is 37.4 Å². The highest BCUT2D eigenvalue weighted by molar-refractivity contribution is 7.92. The van der Waals surface area contributed by atoms with Gasteiger partial charge in [0.15, 0.2) is 15.1 Å². The van der Waals surface area contributed by atoms with E-state index in [1.807, 2.05) is 0 Å². The average molecular weight is 309 g/mol. The molecule has 1 N–H and O–H groups in total. The van der Waals surface area contributed by atoms with E-state index < -0.39 is 26.8 Å². The van der Waals surface area contributed by atoms with Crippen LogP contribution >= 0.6 is 0 Å². The van der Waals surface area contributed by atoms with E-state index in [1.165, 1.54) is 10.9 Å². The van der Waals surface area contributed by atoms with Gasteiger partial charge in [-0.25, -0.2) is 8.42 Å². The zero-order chi connectivity index (χ0) is 15.5. The van der Waals surface area contributed by atoms with Crippen molar-refractivity contribution in [1.29, 1.82) is 0 Å². The normalized spacial score (nSPS) is 13.0. The van der Waals surface area contributed by atoms with Gasteiger partial charge in [0, 0.05) is 13.2 Å².